The van der Waals surface area contributed by atoms with Crippen molar-refractivity contribution < 1.29 is 32.2 Å². The second-order valence-corrected chi connectivity index (χ2v) is 10.4. The first-order valence-corrected chi connectivity index (χ1v) is 12.4. The minimum atomic E-state index is -4.45. The molecule has 1 aliphatic heterocycles. The molecule has 0 aliphatic carbocycles. The number of benzene rings is 2. The highest BCUT2D eigenvalue weighted by Crippen LogP contribution is 2.35. The molecule has 1 saturated heterocycles. The molecule has 1 fully saturated rings. The fourth-order valence-corrected chi connectivity index (χ4v) is 5.94. The molecular weight excluding hydrogens is 500 g/mol. The lowest BCUT2D eigenvalue weighted by molar-refractivity contribution is -0.137. The van der Waals surface area contributed by atoms with Gasteiger partial charge in [0.25, 0.3) is 0 Å². The SMILES string of the molecule is C[C@@]1(C(=O)NCc2cc(-c3ccc(C(F)(F)F)cc3)ncn2)CCCN1S(=O)(=O)c1ccc(F)cc1.[HH]. The topological polar surface area (TPSA) is 92.3 Å². The molecule has 2 aromatic carbocycles. The third kappa shape index (κ3) is 5.09. The van der Waals surface area contributed by atoms with Gasteiger partial charge in [-0.15, -0.1) is 0 Å². The van der Waals surface area contributed by atoms with Gasteiger partial charge >= 0.3 is 6.18 Å². The van der Waals surface area contributed by atoms with Crippen LogP contribution in [0, 0.1) is 5.82 Å². The van der Waals surface area contributed by atoms with Crippen LogP contribution in [0.4, 0.5) is 17.6 Å². The fraction of sp³-hybridized carbons (Fsp3) is 0.292. The maximum Gasteiger partial charge on any atom is 0.416 e. The van der Waals surface area contributed by atoms with E-state index in [-0.39, 0.29) is 19.4 Å². The van der Waals surface area contributed by atoms with E-state index in [2.05, 4.69) is 15.3 Å². The molecule has 1 atom stereocenters. The molecule has 0 unspecified atom stereocenters. The molecule has 1 aliphatic rings. The molecule has 0 saturated carbocycles. The van der Waals surface area contributed by atoms with Crippen LogP contribution in [0.15, 0.2) is 65.8 Å². The van der Waals surface area contributed by atoms with E-state index in [1.54, 1.807) is 0 Å². The van der Waals surface area contributed by atoms with E-state index < -0.39 is 39.0 Å². The summed E-state index contributed by atoms with van der Waals surface area (Å²) in [6, 6.07) is 10.4. The monoisotopic (exact) mass is 524 g/mol. The van der Waals surface area contributed by atoms with Gasteiger partial charge in [0.15, 0.2) is 0 Å². The highest BCUT2D eigenvalue weighted by molar-refractivity contribution is 7.89. The number of rotatable bonds is 6. The Hall–Kier alpha value is -3.38. The van der Waals surface area contributed by atoms with Crippen LogP contribution in [-0.2, 0) is 27.5 Å². The standard InChI is InChI=1S/C24H22F4N4O3S.H2/c1-23(11-2-12-32(23)36(34,35)20-9-7-18(25)8-10-20)22(33)29-14-19-13-21(31-15-30-19)16-3-5-17(6-4-16)24(26,27)28;/h3-10,13,15H,2,11-12,14H2,1H3,(H,29,33);1H/t23-;/m0./s1. The molecule has 2 heterocycles. The van der Waals surface area contributed by atoms with Gasteiger partial charge in [0, 0.05) is 13.5 Å². The van der Waals surface area contributed by atoms with Crippen molar-refractivity contribution in [1.29, 1.82) is 0 Å². The first-order valence-electron chi connectivity index (χ1n) is 11.0. The largest absolute Gasteiger partial charge is 0.416 e. The van der Waals surface area contributed by atoms with Crippen LogP contribution in [0.1, 0.15) is 32.4 Å². The lowest BCUT2D eigenvalue weighted by atomic mass is 9.99. The Labute approximate surface area is 206 Å². The van der Waals surface area contributed by atoms with E-state index in [4.69, 9.17) is 0 Å². The summed E-state index contributed by atoms with van der Waals surface area (Å²) >= 11 is 0. The van der Waals surface area contributed by atoms with E-state index in [0.29, 0.717) is 29.8 Å². The summed E-state index contributed by atoms with van der Waals surface area (Å²) in [5, 5.41) is 2.71. The second-order valence-electron chi connectivity index (χ2n) is 8.56. The van der Waals surface area contributed by atoms with Crippen LogP contribution in [0.2, 0.25) is 0 Å². The number of amides is 1. The molecule has 1 N–H and O–H groups in total. The smallest absolute Gasteiger partial charge is 0.349 e. The van der Waals surface area contributed by atoms with Crippen molar-refractivity contribution in [1.82, 2.24) is 19.6 Å². The van der Waals surface area contributed by atoms with Crippen LogP contribution in [-0.4, -0.2) is 40.7 Å². The van der Waals surface area contributed by atoms with Crippen molar-refractivity contribution in [3.63, 3.8) is 0 Å². The zero-order chi connectivity index (χ0) is 26.1. The molecule has 12 heteroatoms. The lowest BCUT2D eigenvalue weighted by Gasteiger charge is -2.33. The van der Waals surface area contributed by atoms with E-state index in [1.807, 2.05) is 0 Å². The summed E-state index contributed by atoms with van der Waals surface area (Å²) in [5.41, 5.74) is -0.940. The Morgan fingerprint density at radius 1 is 1.11 bits per heavy atom. The average molecular weight is 525 g/mol. The van der Waals surface area contributed by atoms with Gasteiger partial charge in [-0.2, -0.15) is 17.5 Å². The summed E-state index contributed by atoms with van der Waals surface area (Å²) in [6.07, 6.45) is -2.46. The molecule has 1 aromatic heterocycles. The molecular formula is C24H24F4N4O3S. The van der Waals surface area contributed by atoms with Crippen molar-refractivity contribution in [2.75, 3.05) is 6.54 Å². The molecule has 36 heavy (non-hydrogen) atoms. The van der Waals surface area contributed by atoms with Crippen molar-refractivity contribution in [2.24, 2.45) is 0 Å². The third-order valence-corrected chi connectivity index (χ3v) is 8.16. The summed E-state index contributed by atoms with van der Waals surface area (Å²) < 4.78 is 79.1. The van der Waals surface area contributed by atoms with Gasteiger partial charge in [0.05, 0.1) is 28.4 Å². The average Bonchev–Trinajstić information content (AvgIpc) is 3.26. The van der Waals surface area contributed by atoms with E-state index in [9.17, 15) is 30.8 Å². The van der Waals surface area contributed by atoms with Crippen LogP contribution < -0.4 is 5.32 Å². The van der Waals surface area contributed by atoms with E-state index in [0.717, 1.165) is 40.7 Å². The molecule has 0 spiro atoms. The Kier molecular flexibility index (Phi) is 6.84. The summed E-state index contributed by atoms with van der Waals surface area (Å²) in [5.74, 6) is -1.10. The van der Waals surface area contributed by atoms with Crippen molar-refractivity contribution >= 4 is 15.9 Å². The van der Waals surface area contributed by atoms with Crippen LogP contribution >= 0.6 is 0 Å². The van der Waals surface area contributed by atoms with Gasteiger partial charge in [-0.3, -0.25) is 4.79 Å². The zero-order valence-electron chi connectivity index (χ0n) is 19.1. The maximum absolute atomic E-state index is 13.3. The second kappa shape index (κ2) is 9.58. The zero-order valence-corrected chi connectivity index (χ0v) is 19.9. The quantitative estimate of drug-likeness (QED) is 0.483. The number of carbonyl (C=O) groups excluding carboxylic acids is 1. The van der Waals surface area contributed by atoms with Crippen LogP contribution in [0.25, 0.3) is 11.3 Å². The van der Waals surface area contributed by atoms with Crippen LogP contribution in [0.5, 0.6) is 0 Å². The number of carbonyl (C=O) groups is 1. The highest BCUT2D eigenvalue weighted by atomic mass is 32.2. The van der Waals surface area contributed by atoms with Crippen molar-refractivity contribution in [3.05, 3.63) is 78.0 Å². The lowest BCUT2D eigenvalue weighted by Crippen LogP contribution is -2.55. The maximum atomic E-state index is 13.3. The minimum Gasteiger partial charge on any atom is -0.349 e. The first kappa shape index (κ1) is 25.7. The molecule has 7 nitrogen and oxygen atoms in total. The van der Waals surface area contributed by atoms with E-state index in [1.165, 1.54) is 31.5 Å². The number of halogens is 4. The fourth-order valence-electron chi connectivity index (χ4n) is 4.13. The number of hydrogen-bond donors (Lipinski definition) is 1. The number of alkyl halides is 3. The first-order chi connectivity index (χ1) is 16.9. The van der Waals surface area contributed by atoms with Crippen molar-refractivity contribution in [2.45, 2.75) is 42.9 Å². The Morgan fingerprint density at radius 2 is 1.78 bits per heavy atom. The molecule has 4 rings (SSSR count). The van der Waals surface area contributed by atoms with Gasteiger partial charge in [-0.05, 0) is 62.2 Å². The minimum absolute atomic E-state index is 0. The Morgan fingerprint density at radius 3 is 2.42 bits per heavy atom. The summed E-state index contributed by atoms with van der Waals surface area (Å²) in [7, 11) is -4.05. The molecule has 0 bridgehead atoms. The predicted molar refractivity (Wildman–Crippen MR) is 124 cm³/mol. The molecule has 3 aromatic rings. The van der Waals surface area contributed by atoms with E-state index >= 15 is 0 Å². The highest BCUT2D eigenvalue weighted by Gasteiger charge is 2.49. The van der Waals surface area contributed by atoms with Crippen molar-refractivity contribution in [3.8, 4) is 11.3 Å². The summed E-state index contributed by atoms with van der Waals surface area (Å²) in [6.45, 7) is 1.62. The number of aromatic nitrogens is 2. The molecule has 0 radical (unpaired) electrons. The van der Waals surface area contributed by atoms with Gasteiger partial charge < -0.3 is 5.32 Å². The predicted octanol–water partition coefficient (Wildman–Crippen LogP) is 4.41. The number of sulfonamides is 1. The van der Waals surface area contributed by atoms with Gasteiger partial charge in [-0.1, -0.05) is 12.1 Å². The van der Waals surface area contributed by atoms with Gasteiger partial charge in [0.1, 0.15) is 17.7 Å². The van der Waals surface area contributed by atoms with Gasteiger partial charge in [0.2, 0.25) is 15.9 Å². The number of nitrogens with one attached hydrogen (secondary N) is 1. The summed E-state index contributed by atoms with van der Waals surface area (Å²) in [4.78, 5) is 21.2. The Balaban J connectivity index is 0.00000380. The Bertz CT molecular complexity index is 1370. The number of hydrogen-bond acceptors (Lipinski definition) is 5. The molecule has 192 valence electrons. The third-order valence-electron chi connectivity index (χ3n) is 6.13. The van der Waals surface area contributed by atoms with Gasteiger partial charge in [-0.25, -0.2) is 22.8 Å². The van der Waals surface area contributed by atoms with Crippen LogP contribution in [0.3, 0.4) is 0 Å². The normalized spacial score (nSPS) is 18.8. The molecule has 1 amide bonds. The number of nitrogens with zero attached hydrogens (tertiary/aromatic N) is 3.